The van der Waals surface area contributed by atoms with E-state index in [-0.39, 0.29) is 24.5 Å². The van der Waals surface area contributed by atoms with Crippen LogP contribution in [0.5, 0.6) is 5.75 Å². The minimum atomic E-state index is -0.291. The van der Waals surface area contributed by atoms with Crippen molar-refractivity contribution in [1.82, 2.24) is 5.32 Å². The van der Waals surface area contributed by atoms with Crippen LogP contribution < -0.4 is 15.4 Å². The molecule has 1 atom stereocenters. The zero-order valence-electron chi connectivity index (χ0n) is 16.5. The van der Waals surface area contributed by atoms with Gasteiger partial charge in [0, 0.05) is 11.3 Å². The van der Waals surface area contributed by atoms with E-state index in [1.54, 1.807) is 24.3 Å². The molecule has 0 saturated heterocycles. The van der Waals surface area contributed by atoms with Gasteiger partial charge in [-0.3, -0.25) is 9.59 Å². The molecule has 5 nitrogen and oxygen atoms in total. The fourth-order valence-corrected chi connectivity index (χ4v) is 2.82. The van der Waals surface area contributed by atoms with E-state index >= 15 is 0 Å². The molecule has 0 aliphatic carbocycles. The molecule has 0 heterocycles. The van der Waals surface area contributed by atoms with E-state index in [1.807, 2.05) is 68.4 Å². The van der Waals surface area contributed by atoms with Gasteiger partial charge in [0.1, 0.15) is 5.75 Å². The first-order valence-corrected chi connectivity index (χ1v) is 9.46. The van der Waals surface area contributed by atoms with Crippen LogP contribution in [0.1, 0.15) is 34.5 Å². The summed E-state index contributed by atoms with van der Waals surface area (Å²) >= 11 is 0. The van der Waals surface area contributed by atoms with E-state index in [9.17, 15) is 9.59 Å². The number of benzene rings is 3. The summed E-state index contributed by atoms with van der Waals surface area (Å²) in [5.41, 5.74) is 3.17. The molecule has 1 unspecified atom stereocenters. The van der Waals surface area contributed by atoms with Gasteiger partial charge < -0.3 is 15.4 Å². The summed E-state index contributed by atoms with van der Waals surface area (Å²) in [7, 11) is 0. The number of aryl methyl sites for hydroxylation is 1. The van der Waals surface area contributed by atoms with Crippen LogP contribution in [0.25, 0.3) is 0 Å². The Kier molecular flexibility index (Phi) is 6.63. The molecule has 0 saturated carbocycles. The smallest absolute Gasteiger partial charge is 0.262 e. The summed E-state index contributed by atoms with van der Waals surface area (Å²) in [5, 5.41) is 5.73. The molecule has 0 aliphatic rings. The van der Waals surface area contributed by atoms with Gasteiger partial charge in [0.05, 0.1) is 6.04 Å². The van der Waals surface area contributed by atoms with Crippen LogP contribution in [0.2, 0.25) is 0 Å². The van der Waals surface area contributed by atoms with Gasteiger partial charge in [-0.1, -0.05) is 54.1 Å². The lowest BCUT2D eigenvalue weighted by molar-refractivity contribution is -0.118. The molecule has 0 fully saturated rings. The molecule has 0 bridgehead atoms. The Morgan fingerprint density at radius 2 is 1.66 bits per heavy atom. The quantitative estimate of drug-likeness (QED) is 0.626. The molecular weight excluding hydrogens is 364 g/mol. The summed E-state index contributed by atoms with van der Waals surface area (Å²) in [6.45, 7) is 3.81. The molecule has 3 aromatic carbocycles. The Morgan fingerprint density at radius 1 is 0.931 bits per heavy atom. The topological polar surface area (TPSA) is 67.4 Å². The molecule has 0 aromatic heterocycles. The minimum Gasteiger partial charge on any atom is -0.484 e. The minimum absolute atomic E-state index is 0.107. The van der Waals surface area contributed by atoms with Gasteiger partial charge in [0.15, 0.2) is 6.61 Å². The van der Waals surface area contributed by atoms with Crippen molar-refractivity contribution in [3.63, 3.8) is 0 Å². The van der Waals surface area contributed by atoms with Gasteiger partial charge in [-0.25, -0.2) is 0 Å². The number of carbonyl (C=O) groups is 2. The van der Waals surface area contributed by atoms with Crippen LogP contribution in [-0.2, 0) is 4.79 Å². The predicted molar refractivity (Wildman–Crippen MR) is 114 cm³/mol. The van der Waals surface area contributed by atoms with Crippen LogP contribution in [0.3, 0.4) is 0 Å². The molecule has 29 heavy (non-hydrogen) atoms. The normalized spacial score (nSPS) is 11.4. The van der Waals surface area contributed by atoms with Crippen molar-refractivity contribution < 1.29 is 14.3 Å². The molecule has 3 rings (SSSR count). The van der Waals surface area contributed by atoms with Gasteiger partial charge in [0.25, 0.3) is 11.8 Å². The molecule has 0 radical (unpaired) electrons. The standard InChI is InChI=1S/C24H24N2O3/c1-17-11-13-22(14-12-17)29-16-23(27)26-21-10-6-9-20(15-21)24(28)25-18(2)19-7-4-3-5-8-19/h3-15,18H,16H2,1-2H3,(H,25,28)(H,26,27). The first-order valence-electron chi connectivity index (χ1n) is 9.46. The molecule has 2 N–H and O–H groups in total. The van der Waals surface area contributed by atoms with Gasteiger partial charge in [-0.05, 0) is 49.7 Å². The first-order chi connectivity index (χ1) is 14.0. The second-order valence-electron chi connectivity index (χ2n) is 6.84. The highest BCUT2D eigenvalue weighted by Gasteiger charge is 2.12. The Bertz CT molecular complexity index is 969. The van der Waals surface area contributed by atoms with Crippen molar-refractivity contribution in [3.05, 3.63) is 95.6 Å². The lowest BCUT2D eigenvalue weighted by Gasteiger charge is -2.15. The highest BCUT2D eigenvalue weighted by Crippen LogP contribution is 2.15. The Balaban J connectivity index is 1.56. The lowest BCUT2D eigenvalue weighted by atomic mass is 10.1. The lowest BCUT2D eigenvalue weighted by Crippen LogP contribution is -2.27. The molecule has 148 valence electrons. The zero-order chi connectivity index (χ0) is 20.6. The second kappa shape index (κ2) is 9.55. The molecule has 3 aromatic rings. The maximum absolute atomic E-state index is 12.6. The Labute approximate surface area is 170 Å². The number of carbonyl (C=O) groups excluding carboxylic acids is 2. The van der Waals surface area contributed by atoms with Crippen molar-refractivity contribution in [3.8, 4) is 5.75 Å². The number of nitrogens with one attached hydrogen (secondary N) is 2. The predicted octanol–water partition coefficient (Wildman–Crippen LogP) is 4.50. The summed E-state index contributed by atoms with van der Waals surface area (Å²) < 4.78 is 5.48. The Hall–Kier alpha value is -3.60. The molecule has 0 aliphatic heterocycles. The molecule has 5 heteroatoms. The average Bonchev–Trinajstić information content (AvgIpc) is 2.74. The average molecular weight is 388 g/mol. The van der Waals surface area contributed by atoms with Crippen LogP contribution >= 0.6 is 0 Å². The second-order valence-corrected chi connectivity index (χ2v) is 6.84. The number of hydrogen-bond donors (Lipinski definition) is 2. The molecule has 0 spiro atoms. The fraction of sp³-hybridized carbons (Fsp3) is 0.167. The van der Waals surface area contributed by atoms with Crippen LogP contribution in [0.15, 0.2) is 78.9 Å². The van der Waals surface area contributed by atoms with Crippen LogP contribution in [0, 0.1) is 6.92 Å². The largest absolute Gasteiger partial charge is 0.484 e. The van der Waals surface area contributed by atoms with Crippen molar-refractivity contribution >= 4 is 17.5 Å². The maximum Gasteiger partial charge on any atom is 0.262 e. The number of ether oxygens (including phenoxy) is 1. The van der Waals surface area contributed by atoms with Gasteiger partial charge in [-0.15, -0.1) is 0 Å². The van der Waals surface area contributed by atoms with Crippen molar-refractivity contribution in [2.24, 2.45) is 0 Å². The molecule has 2 amide bonds. The van der Waals surface area contributed by atoms with E-state index in [4.69, 9.17) is 4.74 Å². The first kappa shape index (κ1) is 20.1. The number of rotatable bonds is 7. The van der Waals surface area contributed by atoms with Gasteiger partial charge in [-0.2, -0.15) is 0 Å². The third-order valence-electron chi connectivity index (χ3n) is 4.45. The summed E-state index contributed by atoms with van der Waals surface area (Å²) in [4.78, 5) is 24.7. The van der Waals surface area contributed by atoms with E-state index < -0.39 is 0 Å². The monoisotopic (exact) mass is 388 g/mol. The maximum atomic E-state index is 12.6. The van der Waals surface area contributed by atoms with E-state index in [1.165, 1.54) is 0 Å². The highest BCUT2D eigenvalue weighted by atomic mass is 16.5. The van der Waals surface area contributed by atoms with E-state index in [0.717, 1.165) is 11.1 Å². The number of amides is 2. The summed E-state index contributed by atoms with van der Waals surface area (Å²) in [6.07, 6.45) is 0. The summed E-state index contributed by atoms with van der Waals surface area (Å²) in [6, 6.07) is 23.9. The summed E-state index contributed by atoms with van der Waals surface area (Å²) in [5.74, 6) is 0.142. The highest BCUT2D eigenvalue weighted by molar-refractivity contribution is 5.97. The zero-order valence-corrected chi connectivity index (χ0v) is 16.5. The van der Waals surface area contributed by atoms with E-state index in [0.29, 0.717) is 17.0 Å². The van der Waals surface area contributed by atoms with Crippen LogP contribution in [-0.4, -0.2) is 18.4 Å². The van der Waals surface area contributed by atoms with Crippen molar-refractivity contribution in [1.29, 1.82) is 0 Å². The molecular formula is C24H24N2O3. The SMILES string of the molecule is Cc1ccc(OCC(=O)Nc2cccc(C(=O)NC(C)c3ccccc3)c2)cc1. The Morgan fingerprint density at radius 3 is 2.38 bits per heavy atom. The van der Waals surface area contributed by atoms with Crippen molar-refractivity contribution in [2.75, 3.05) is 11.9 Å². The number of anilines is 1. The van der Waals surface area contributed by atoms with E-state index in [2.05, 4.69) is 10.6 Å². The van der Waals surface area contributed by atoms with Gasteiger partial charge >= 0.3 is 0 Å². The van der Waals surface area contributed by atoms with Crippen LogP contribution in [0.4, 0.5) is 5.69 Å². The fourth-order valence-electron chi connectivity index (χ4n) is 2.82. The third-order valence-corrected chi connectivity index (χ3v) is 4.45. The van der Waals surface area contributed by atoms with Crippen molar-refractivity contribution in [2.45, 2.75) is 19.9 Å². The number of hydrogen-bond acceptors (Lipinski definition) is 3. The third kappa shape index (κ3) is 5.94. The van der Waals surface area contributed by atoms with Gasteiger partial charge in [0.2, 0.25) is 0 Å².